The van der Waals surface area contributed by atoms with Crippen LogP contribution in [0.4, 0.5) is 4.79 Å². The summed E-state index contributed by atoms with van der Waals surface area (Å²) in [7, 11) is 0. The maximum Gasteiger partial charge on any atom is 0.346 e. The zero-order valence-electron chi connectivity index (χ0n) is 15.6. The highest BCUT2D eigenvalue weighted by Crippen LogP contribution is 2.24. The number of nitrogens with one attached hydrogen (secondary N) is 1. The fourth-order valence-corrected chi connectivity index (χ4v) is 3.46. The molecule has 28 heavy (non-hydrogen) atoms. The molecule has 1 heterocycles. The molecule has 4 rings (SSSR count). The van der Waals surface area contributed by atoms with Gasteiger partial charge in [0.2, 0.25) is 0 Å². The Morgan fingerprint density at radius 1 is 0.964 bits per heavy atom. The van der Waals surface area contributed by atoms with Crippen molar-refractivity contribution in [2.24, 2.45) is 5.10 Å². The molecular formula is C23H21N3O2. The molecule has 3 amide bonds. The Morgan fingerprint density at radius 3 is 2.50 bits per heavy atom. The molecule has 0 aliphatic carbocycles. The lowest BCUT2D eigenvalue weighted by molar-refractivity contribution is -0.130. The summed E-state index contributed by atoms with van der Waals surface area (Å²) in [6.45, 7) is 1.75. The number of hydrogen-bond donors (Lipinski definition) is 1. The third-order valence-corrected chi connectivity index (χ3v) is 5.13. The molecule has 5 heteroatoms. The van der Waals surface area contributed by atoms with Crippen LogP contribution in [0.2, 0.25) is 0 Å². The van der Waals surface area contributed by atoms with E-state index in [0.717, 1.165) is 26.9 Å². The van der Waals surface area contributed by atoms with Crippen molar-refractivity contribution in [1.29, 1.82) is 0 Å². The van der Waals surface area contributed by atoms with Gasteiger partial charge in [-0.15, -0.1) is 5.01 Å². The number of benzene rings is 3. The number of imide groups is 1. The van der Waals surface area contributed by atoms with Crippen LogP contribution in [0.25, 0.3) is 10.8 Å². The Morgan fingerprint density at radius 2 is 1.68 bits per heavy atom. The summed E-state index contributed by atoms with van der Waals surface area (Å²) in [5, 5.41) is 10.0. The number of carbonyl (C=O) groups excluding carboxylic acids is 2. The minimum Gasteiger partial charge on any atom is -0.322 e. The standard InChI is InChI=1S/C23H21N3O2/c1-23(15-14-17-8-3-2-4-9-17)21(27)26(22(28)25-23)24-16-19-12-7-11-18-10-5-6-13-20(18)19/h2-13,16H,14-15H2,1H3,(H,25,28)/b24-16-/t23-/m1/s1. The molecule has 1 atom stereocenters. The van der Waals surface area contributed by atoms with Gasteiger partial charge in [0.15, 0.2) is 0 Å². The maximum absolute atomic E-state index is 12.9. The molecular weight excluding hydrogens is 350 g/mol. The first-order valence-electron chi connectivity index (χ1n) is 9.29. The maximum atomic E-state index is 12.9. The zero-order valence-corrected chi connectivity index (χ0v) is 15.6. The summed E-state index contributed by atoms with van der Waals surface area (Å²) in [5.41, 5.74) is 1.03. The van der Waals surface area contributed by atoms with E-state index in [1.54, 1.807) is 13.1 Å². The predicted molar refractivity (Wildman–Crippen MR) is 110 cm³/mol. The Bertz CT molecular complexity index is 1060. The first-order valence-corrected chi connectivity index (χ1v) is 9.29. The fraction of sp³-hybridized carbons (Fsp3) is 0.174. The van der Waals surface area contributed by atoms with Gasteiger partial charge in [0.05, 0.1) is 6.21 Å². The van der Waals surface area contributed by atoms with Crippen molar-refractivity contribution in [2.75, 3.05) is 0 Å². The van der Waals surface area contributed by atoms with Gasteiger partial charge in [0.25, 0.3) is 5.91 Å². The Balaban J connectivity index is 1.53. The van der Waals surface area contributed by atoms with E-state index in [1.165, 1.54) is 0 Å². The average molecular weight is 371 g/mol. The summed E-state index contributed by atoms with van der Waals surface area (Å²) in [6.07, 6.45) is 2.79. The van der Waals surface area contributed by atoms with Crippen LogP contribution in [0.15, 0.2) is 77.9 Å². The smallest absolute Gasteiger partial charge is 0.322 e. The van der Waals surface area contributed by atoms with Crippen LogP contribution < -0.4 is 5.32 Å². The number of aryl methyl sites for hydroxylation is 1. The van der Waals surface area contributed by atoms with Crippen molar-refractivity contribution in [3.63, 3.8) is 0 Å². The molecule has 0 spiro atoms. The quantitative estimate of drug-likeness (QED) is 0.542. The van der Waals surface area contributed by atoms with Crippen LogP contribution in [-0.4, -0.2) is 28.7 Å². The van der Waals surface area contributed by atoms with E-state index >= 15 is 0 Å². The third kappa shape index (κ3) is 3.39. The second kappa shape index (κ2) is 7.27. The number of urea groups is 1. The SMILES string of the molecule is C[C@]1(CCc2ccccc2)NC(=O)N(/N=C\c2cccc3ccccc23)C1=O. The molecule has 1 saturated heterocycles. The summed E-state index contributed by atoms with van der Waals surface area (Å²) < 4.78 is 0. The lowest BCUT2D eigenvalue weighted by Gasteiger charge is -2.20. The van der Waals surface area contributed by atoms with Crippen molar-refractivity contribution in [3.05, 3.63) is 83.9 Å². The summed E-state index contributed by atoms with van der Waals surface area (Å²) in [6, 6.07) is 23.2. The number of hydrazone groups is 1. The minimum atomic E-state index is -0.955. The van der Waals surface area contributed by atoms with E-state index in [4.69, 9.17) is 0 Å². The Kier molecular flexibility index (Phi) is 4.65. The molecule has 1 fully saturated rings. The number of amides is 3. The molecule has 3 aromatic rings. The van der Waals surface area contributed by atoms with E-state index < -0.39 is 11.6 Å². The normalized spacial score (nSPS) is 19.5. The molecule has 0 radical (unpaired) electrons. The van der Waals surface area contributed by atoms with Crippen LogP contribution in [0.1, 0.15) is 24.5 Å². The van der Waals surface area contributed by atoms with Crippen LogP contribution in [0.5, 0.6) is 0 Å². The van der Waals surface area contributed by atoms with Gasteiger partial charge in [-0.25, -0.2) is 4.79 Å². The second-order valence-electron chi connectivity index (χ2n) is 7.18. The van der Waals surface area contributed by atoms with E-state index in [1.807, 2.05) is 72.8 Å². The first-order chi connectivity index (χ1) is 13.6. The van der Waals surface area contributed by atoms with E-state index in [0.29, 0.717) is 12.8 Å². The van der Waals surface area contributed by atoms with Crippen LogP contribution in [0.3, 0.4) is 0 Å². The molecule has 0 unspecified atom stereocenters. The van der Waals surface area contributed by atoms with Crippen molar-refractivity contribution in [1.82, 2.24) is 10.3 Å². The molecule has 3 aromatic carbocycles. The minimum absolute atomic E-state index is 0.329. The Hall–Kier alpha value is -3.47. The number of nitrogens with zero attached hydrogens (tertiary/aromatic N) is 2. The number of fused-ring (bicyclic) bond motifs is 1. The lowest BCUT2D eigenvalue weighted by atomic mass is 9.93. The van der Waals surface area contributed by atoms with Crippen LogP contribution in [-0.2, 0) is 11.2 Å². The third-order valence-electron chi connectivity index (χ3n) is 5.13. The molecule has 140 valence electrons. The van der Waals surface area contributed by atoms with E-state index in [2.05, 4.69) is 10.4 Å². The average Bonchev–Trinajstić information content (AvgIpc) is 2.94. The molecule has 1 N–H and O–H groups in total. The van der Waals surface area contributed by atoms with Crippen LogP contribution >= 0.6 is 0 Å². The number of rotatable bonds is 5. The zero-order chi connectivity index (χ0) is 19.6. The largest absolute Gasteiger partial charge is 0.346 e. The van der Waals surface area contributed by atoms with Gasteiger partial charge in [-0.2, -0.15) is 5.10 Å². The molecule has 5 nitrogen and oxygen atoms in total. The van der Waals surface area contributed by atoms with Crippen molar-refractivity contribution in [3.8, 4) is 0 Å². The van der Waals surface area contributed by atoms with Gasteiger partial charge in [-0.1, -0.05) is 72.8 Å². The molecule has 0 bridgehead atoms. The highest BCUT2D eigenvalue weighted by Gasteiger charge is 2.47. The number of carbonyl (C=O) groups is 2. The Labute approximate surface area is 163 Å². The summed E-state index contributed by atoms with van der Waals surface area (Å²) in [4.78, 5) is 25.2. The van der Waals surface area contributed by atoms with Crippen molar-refractivity contribution < 1.29 is 9.59 Å². The van der Waals surface area contributed by atoms with Gasteiger partial charge in [-0.3, -0.25) is 4.79 Å². The number of hydrogen-bond acceptors (Lipinski definition) is 3. The van der Waals surface area contributed by atoms with E-state index in [-0.39, 0.29) is 5.91 Å². The molecule has 0 aromatic heterocycles. The molecule has 0 saturated carbocycles. The van der Waals surface area contributed by atoms with Gasteiger partial charge in [-0.05, 0) is 36.1 Å². The fourth-order valence-electron chi connectivity index (χ4n) is 3.46. The monoisotopic (exact) mass is 371 g/mol. The highest BCUT2D eigenvalue weighted by atomic mass is 16.2. The van der Waals surface area contributed by atoms with Crippen LogP contribution in [0, 0.1) is 0 Å². The molecule has 1 aliphatic rings. The van der Waals surface area contributed by atoms with Gasteiger partial charge < -0.3 is 5.32 Å². The predicted octanol–water partition coefficient (Wildman–Crippen LogP) is 4.12. The van der Waals surface area contributed by atoms with Crippen molar-refractivity contribution >= 4 is 28.9 Å². The summed E-state index contributed by atoms with van der Waals surface area (Å²) >= 11 is 0. The second-order valence-corrected chi connectivity index (χ2v) is 7.18. The van der Waals surface area contributed by atoms with Gasteiger partial charge >= 0.3 is 6.03 Å². The van der Waals surface area contributed by atoms with Gasteiger partial charge in [0, 0.05) is 5.56 Å². The van der Waals surface area contributed by atoms with Crippen molar-refractivity contribution in [2.45, 2.75) is 25.3 Å². The topological polar surface area (TPSA) is 61.8 Å². The summed E-state index contributed by atoms with van der Waals surface area (Å²) in [5.74, 6) is -0.329. The van der Waals surface area contributed by atoms with Gasteiger partial charge in [0.1, 0.15) is 5.54 Å². The van der Waals surface area contributed by atoms with E-state index in [9.17, 15) is 9.59 Å². The highest BCUT2D eigenvalue weighted by molar-refractivity contribution is 6.08. The first kappa shape index (κ1) is 17.9. The lowest BCUT2D eigenvalue weighted by Crippen LogP contribution is -2.44. The molecule has 1 aliphatic heterocycles.